The third-order valence-electron chi connectivity index (χ3n) is 7.20. The number of nitrogens with one attached hydrogen (secondary N) is 3. The first-order valence-corrected chi connectivity index (χ1v) is 12.8. The predicted octanol–water partition coefficient (Wildman–Crippen LogP) is 1.51. The second-order valence-corrected chi connectivity index (χ2v) is 9.82. The Morgan fingerprint density at radius 3 is 2.72 bits per heavy atom. The Morgan fingerprint density at radius 2 is 2.00 bits per heavy atom. The third-order valence-corrected chi connectivity index (χ3v) is 7.20. The van der Waals surface area contributed by atoms with Crippen molar-refractivity contribution in [3.63, 3.8) is 0 Å². The minimum atomic E-state index is -0.425. The molecule has 3 N–H and O–H groups in total. The van der Waals surface area contributed by atoms with Crippen LogP contribution in [0.1, 0.15) is 42.6 Å². The van der Waals surface area contributed by atoms with Crippen LogP contribution in [0.5, 0.6) is 0 Å². The van der Waals surface area contributed by atoms with Crippen LogP contribution in [0, 0.1) is 12.8 Å². The number of amides is 1. The van der Waals surface area contributed by atoms with Crippen LogP contribution in [0.4, 0.5) is 5.69 Å². The minimum Gasteiger partial charge on any atom is -0.465 e. The molecule has 1 aliphatic carbocycles. The van der Waals surface area contributed by atoms with Crippen molar-refractivity contribution in [3.05, 3.63) is 40.6 Å². The largest absolute Gasteiger partial charge is 0.465 e. The van der Waals surface area contributed by atoms with Gasteiger partial charge in [0.15, 0.2) is 5.84 Å². The summed E-state index contributed by atoms with van der Waals surface area (Å²) in [7, 11) is 0. The van der Waals surface area contributed by atoms with Gasteiger partial charge in [-0.15, -0.1) is 0 Å². The average molecular weight is 494 g/mol. The summed E-state index contributed by atoms with van der Waals surface area (Å²) < 4.78 is 5.49. The van der Waals surface area contributed by atoms with E-state index in [1.165, 1.54) is 0 Å². The highest BCUT2D eigenvalue weighted by molar-refractivity contribution is 6.07. The van der Waals surface area contributed by atoms with Crippen molar-refractivity contribution in [2.75, 3.05) is 39.3 Å². The number of nitrogens with zero attached hydrogens (tertiary/aromatic N) is 4. The monoisotopic (exact) mass is 493 g/mol. The molecule has 4 aliphatic rings. The van der Waals surface area contributed by atoms with E-state index in [2.05, 4.69) is 26.0 Å². The number of fused-ring (bicyclic) bond motifs is 1. The number of hydrogen-bond donors (Lipinski definition) is 3. The van der Waals surface area contributed by atoms with Crippen LogP contribution in [-0.2, 0) is 9.53 Å². The summed E-state index contributed by atoms with van der Waals surface area (Å²) in [5, 5.41) is 8.43. The predicted molar refractivity (Wildman–Crippen MR) is 138 cm³/mol. The summed E-state index contributed by atoms with van der Waals surface area (Å²) in [5.41, 5.74) is 7.15. The molecule has 2 atom stereocenters. The molecular weight excluding hydrogens is 458 g/mol. The number of rotatable bonds is 7. The van der Waals surface area contributed by atoms with Gasteiger partial charge in [-0.05, 0) is 56.9 Å². The number of hydrogen-bond acceptors (Lipinski definition) is 8. The second kappa shape index (κ2) is 10.4. The summed E-state index contributed by atoms with van der Waals surface area (Å²) in [5.74, 6) is -0.214. The maximum atomic E-state index is 13.1. The van der Waals surface area contributed by atoms with E-state index in [4.69, 9.17) is 9.73 Å². The Hall–Kier alpha value is -3.24. The van der Waals surface area contributed by atoms with Gasteiger partial charge in [-0.25, -0.2) is 9.98 Å². The number of amidine groups is 1. The summed E-state index contributed by atoms with van der Waals surface area (Å²) in [6.45, 7) is 10.5. The molecule has 192 valence electrons. The van der Waals surface area contributed by atoms with Gasteiger partial charge in [0.1, 0.15) is 18.0 Å². The van der Waals surface area contributed by atoms with Crippen LogP contribution in [-0.4, -0.2) is 85.4 Å². The normalized spacial score (nSPS) is 25.1. The van der Waals surface area contributed by atoms with E-state index in [1.54, 1.807) is 6.34 Å². The lowest BCUT2D eigenvalue weighted by molar-refractivity contribution is -0.148. The molecule has 3 heterocycles. The first-order valence-electron chi connectivity index (χ1n) is 12.8. The van der Waals surface area contributed by atoms with E-state index in [0.29, 0.717) is 23.7 Å². The molecule has 0 bridgehead atoms. The van der Waals surface area contributed by atoms with Crippen molar-refractivity contribution < 1.29 is 14.3 Å². The van der Waals surface area contributed by atoms with E-state index < -0.39 is 5.92 Å². The third kappa shape index (κ3) is 5.01. The molecule has 1 aromatic rings. The molecule has 10 nitrogen and oxygen atoms in total. The number of hydrazine groups is 1. The zero-order valence-corrected chi connectivity index (χ0v) is 21.2. The van der Waals surface area contributed by atoms with Crippen molar-refractivity contribution in [1.82, 2.24) is 26.0 Å². The fourth-order valence-electron chi connectivity index (χ4n) is 5.07. The standard InChI is InChI=1S/C26H35N7O3/c1-4-36-26(35)22-17(3)23-24(28-15-29-33(23)21(22)14-32-11-9-27-10-12-32)31-20-13-18(6-5-16(20)2)25(34)30-19-7-8-19/h5-6,13,15,19,21-22,27H,4,7-12,14H2,1-3H3,(H,30,34)(H,28,29,31). The Morgan fingerprint density at radius 1 is 1.22 bits per heavy atom. The fourth-order valence-corrected chi connectivity index (χ4v) is 5.07. The van der Waals surface area contributed by atoms with Crippen molar-refractivity contribution in [2.45, 2.75) is 45.7 Å². The molecule has 2 unspecified atom stereocenters. The average Bonchev–Trinajstić information content (AvgIpc) is 3.64. The Labute approximate surface area is 211 Å². The number of carbonyl (C=O) groups excluding carboxylic acids is 2. The quantitative estimate of drug-likeness (QED) is 0.494. The van der Waals surface area contributed by atoms with Crippen LogP contribution in [0.25, 0.3) is 0 Å². The lowest BCUT2D eigenvalue weighted by Gasteiger charge is -2.37. The van der Waals surface area contributed by atoms with Crippen molar-refractivity contribution in [3.8, 4) is 0 Å². The van der Waals surface area contributed by atoms with E-state index in [0.717, 1.165) is 62.4 Å². The van der Waals surface area contributed by atoms with Gasteiger partial charge in [-0.2, -0.15) is 0 Å². The Kier molecular flexibility index (Phi) is 7.06. The molecule has 1 aromatic carbocycles. The van der Waals surface area contributed by atoms with E-state index >= 15 is 0 Å². The fraction of sp³-hybridized carbons (Fsp3) is 0.538. The van der Waals surface area contributed by atoms with Gasteiger partial charge in [-0.1, -0.05) is 6.07 Å². The van der Waals surface area contributed by atoms with Gasteiger partial charge in [0.2, 0.25) is 0 Å². The Balaban J connectivity index is 1.47. The minimum absolute atomic E-state index is 0.0795. The topological polar surface area (TPSA) is 111 Å². The molecule has 2 fully saturated rings. The van der Waals surface area contributed by atoms with E-state index in [-0.39, 0.29) is 24.0 Å². The molecule has 0 radical (unpaired) electrons. The molecule has 0 aromatic heterocycles. The lowest BCUT2D eigenvalue weighted by Crippen LogP contribution is -2.55. The first kappa shape index (κ1) is 24.5. The van der Waals surface area contributed by atoms with Gasteiger partial charge >= 0.3 is 5.97 Å². The van der Waals surface area contributed by atoms with Gasteiger partial charge in [0.05, 0.1) is 18.3 Å². The smallest absolute Gasteiger partial charge is 0.315 e. The zero-order chi connectivity index (χ0) is 25.2. The van der Waals surface area contributed by atoms with E-state index in [9.17, 15) is 9.59 Å². The van der Waals surface area contributed by atoms with Crippen LogP contribution in [0.15, 0.2) is 39.5 Å². The van der Waals surface area contributed by atoms with E-state index in [1.807, 2.05) is 44.0 Å². The summed E-state index contributed by atoms with van der Waals surface area (Å²) in [6, 6.07) is 5.69. The highest BCUT2D eigenvalue weighted by Crippen LogP contribution is 2.37. The molecule has 1 saturated carbocycles. The number of benzene rings is 1. The number of piperazine rings is 1. The molecule has 1 amide bonds. The number of ether oxygens (including phenoxy) is 1. The highest BCUT2D eigenvalue weighted by atomic mass is 16.5. The first-order chi connectivity index (χ1) is 17.5. The summed E-state index contributed by atoms with van der Waals surface area (Å²) >= 11 is 0. The van der Waals surface area contributed by atoms with Crippen LogP contribution < -0.4 is 16.1 Å². The van der Waals surface area contributed by atoms with Crippen molar-refractivity contribution in [2.24, 2.45) is 15.9 Å². The molecule has 10 heteroatoms. The van der Waals surface area contributed by atoms with Gasteiger partial charge in [0.25, 0.3) is 5.91 Å². The maximum absolute atomic E-state index is 13.1. The molecule has 1 saturated heterocycles. The van der Waals surface area contributed by atoms with Crippen molar-refractivity contribution in [1.29, 1.82) is 0 Å². The molecule has 36 heavy (non-hydrogen) atoms. The van der Waals surface area contributed by atoms with Crippen LogP contribution in [0.2, 0.25) is 0 Å². The highest BCUT2D eigenvalue weighted by Gasteiger charge is 2.47. The zero-order valence-electron chi connectivity index (χ0n) is 21.2. The molecule has 5 rings (SSSR count). The van der Waals surface area contributed by atoms with Gasteiger partial charge in [-0.3, -0.25) is 24.9 Å². The SMILES string of the molecule is CCOC(=O)C1C(C)=C2C(=Nc3cc(C(=O)NC4CC4)ccc3C)N=CNN2C1CN1CCNCC1. The van der Waals surface area contributed by atoms with Crippen molar-refractivity contribution >= 4 is 29.7 Å². The molecule has 0 spiro atoms. The molecular formula is C26H35N7O3. The maximum Gasteiger partial charge on any atom is 0.315 e. The summed E-state index contributed by atoms with van der Waals surface area (Å²) in [6.07, 6.45) is 3.69. The molecule has 3 aliphatic heterocycles. The lowest BCUT2D eigenvalue weighted by atomic mass is 9.94. The number of carbonyl (C=O) groups is 2. The second-order valence-electron chi connectivity index (χ2n) is 9.82. The Bertz CT molecular complexity index is 1120. The van der Waals surface area contributed by atoms with Crippen LogP contribution in [0.3, 0.4) is 0 Å². The van der Waals surface area contributed by atoms with Gasteiger partial charge < -0.3 is 15.4 Å². The van der Waals surface area contributed by atoms with Crippen LogP contribution >= 0.6 is 0 Å². The number of aryl methyl sites for hydroxylation is 1. The number of aliphatic imine (C=N–C) groups is 2. The number of esters is 1. The summed E-state index contributed by atoms with van der Waals surface area (Å²) in [4.78, 5) is 37.6. The van der Waals surface area contributed by atoms with Gasteiger partial charge in [0, 0.05) is 44.3 Å².